The van der Waals surface area contributed by atoms with Crippen LogP contribution in [0.5, 0.6) is 5.75 Å². The molecular weight excluding hydrogens is 444 g/mol. The number of anilines is 1. The molecule has 5 atom stereocenters. The van der Waals surface area contributed by atoms with Crippen molar-refractivity contribution in [3.8, 4) is 5.75 Å². The zero-order valence-electron chi connectivity index (χ0n) is 17.9. The first kappa shape index (κ1) is 26.0. The molecule has 1 aliphatic rings. The van der Waals surface area contributed by atoms with Gasteiger partial charge in [0, 0.05) is 26.8 Å². The summed E-state index contributed by atoms with van der Waals surface area (Å²) in [6.45, 7) is 2.48. The van der Waals surface area contributed by atoms with Crippen LogP contribution in [-0.4, -0.2) is 81.4 Å². The number of carboxylic acid groups (broad SMARTS) is 1. The molecule has 0 spiro atoms. The molecule has 2 amide bonds. The predicted octanol–water partition coefficient (Wildman–Crippen LogP) is -1.51. The number of amides is 2. The summed E-state index contributed by atoms with van der Waals surface area (Å²) < 4.78 is 15.5. The molecule has 1 fully saturated rings. The Bertz CT molecular complexity index is 891. The molecule has 2 rings (SSSR count). The van der Waals surface area contributed by atoms with Gasteiger partial charge >= 0.3 is 11.9 Å². The van der Waals surface area contributed by atoms with E-state index in [1.54, 1.807) is 0 Å². The molecular formula is C20H26N2O11. The zero-order valence-corrected chi connectivity index (χ0v) is 17.9. The largest absolute Gasteiger partial charge is 0.479 e. The molecule has 6 N–H and O–H groups in total. The van der Waals surface area contributed by atoms with Gasteiger partial charge in [-0.2, -0.15) is 0 Å². The number of rotatable bonds is 9. The lowest BCUT2D eigenvalue weighted by atomic mass is 9.99. The predicted molar refractivity (Wildman–Crippen MR) is 109 cm³/mol. The molecule has 0 aromatic heterocycles. The molecule has 0 saturated carbocycles. The fourth-order valence-electron chi connectivity index (χ4n) is 2.89. The van der Waals surface area contributed by atoms with Gasteiger partial charge in [-0.15, -0.1) is 0 Å². The molecule has 33 heavy (non-hydrogen) atoms. The van der Waals surface area contributed by atoms with E-state index in [-0.39, 0.29) is 36.9 Å². The Hall–Kier alpha value is -3.26. The van der Waals surface area contributed by atoms with Crippen LogP contribution in [0.2, 0.25) is 0 Å². The number of aliphatic hydroxyl groups is 3. The number of hydrogen-bond donors (Lipinski definition) is 6. The number of carbonyl (C=O) groups is 4. The van der Waals surface area contributed by atoms with E-state index in [9.17, 15) is 39.6 Å². The number of carboxylic acids is 1. The van der Waals surface area contributed by atoms with Crippen molar-refractivity contribution < 1.29 is 53.8 Å². The van der Waals surface area contributed by atoms with Crippen molar-refractivity contribution >= 4 is 29.4 Å². The van der Waals surface area contributed by atoms with E-state index in [0.29, 0.717) is 5.56 Å². The highest BCUT2D eigenvalue weighted by molar-refractivity contribution is 5.92. The lowest BCUT2D eigenvalue weighted by Crippen LogP contribution is -2.61. The summed E-state index contributed by atoms with van der Waals surface area (Å²) in [7, 11) is 0. The van der Waals surface area contributed by atoms with E-state index in [1.165, 1.54) is 32.0 Å². The summed E-state index contributed by atoms with van der Waals surface area (Å²) in [4.78, 5) is 45.6. The molecule has 1 aliphatic heterocycles. The van der Waals surface area contributed by atoms with Gasteiger partial charge in [-0.3, -0.25) is 14.4 Å². The first-order valence-electron chi connectivity index (χ1n) is 9.89. The Morgan fingerprint density at radius 2 is 1.76 bits per heavy atom. The monoisotopic (exact) mass is 470 g/mol. The lowest BCUT2D eigenvalue weighted by Gasteiger charge is -2.38. The van der Waals surface area contributed by atoms with Crippen LogP contribution >= 0.6 is 0 Å². The second kappa shape index (κ2) is 11.6. The van der Waals surface area contributed by atoms with Crippen LogP contribution in [0.3, 0.4) is 0 Å². The van der Waals surface area contributed by atoms with Gasteiger partial charge in [-0.05, 0) is 17.7 Å². The van der Waals surface area contributed by atoms with E-state index in [4.69, 9.17) is 14.2 Å². The molecule has 13 nitrogen and oxygen atoms in total. The maximum Gasteiger partial charge on any atom is 0.335 e. The van der Waals surface area contributed by atoms with Crippen molar-refractivity contribution in [3.05, 3.63) is 23.8 Å². The van der Waals surface area contributed by atoms with Crippen LogP contribution < -0.4 is 15.4 Å². The van der Waals surface area contributed by atoms with Gasteiger partial charge in [0.2, 0.25) is 18.1 Å². The summed E-state index contributed by atoms with van der Waals surface area (Å²) >= 11 is 0. The second-order valence-corrected chi connectivity index (χ2v) is 7.24. The number of aliphatic hydroxyl groups excluding tert-OH is 3. The fourth-order valence-corrected chi connectivity index (χ4v) is 2.89. The van der Waals surface area contributed by atoms with Crippen LogP contribution in [0.4, 0.5) is 5.69 Å². The number of benzene rings is 1. The van der Waals surface area contributed by atoms with Crippen LogP contribution in [0, 0.1) is 0 Å². The van der Waals surface area contributed by atoms with Gasteiger partial charge in [0.1, 0.15) is 30.7 Å². The van der Waals surface area contributed by atoms with Crippen molar-refractivity contribution in [3.63, 3.8) is 0 Å². The summed E-state index contributed by atoms with van der Waals surface area (Å²) in [5, 5.41) is 44.1. The Morgan fingerprint density at radius 1 is 1.06 bits per heavy atom. The molecule has 1 saturated heterocycles. The molecule has 1 aromatic rings. The molecule has 0 radical (unpaired) electrons. The first-order chi connectivity index (χ1) is 15.5. The van der Waals surface area contributed by atoms with Crippen molar-refractivity contribution in [1.29, 1.82) is 0 Å². The zero-order chi connectivity index (χ0) is 24.7. The van der Waals surface area contributed by atoms with Crippen LogP contribution in [0.25, 0.3) is 0 Å². The van der Waals surface area contributed by atoms with E-state index >= 15 is 0 Å². The highest BCUT2D eigenvalue weighted by Crippen LogP contribution is 2.31. The van der Waals surface area contributed by atoms with E-state index in [0.717, 1.165) is 0 Å². The summed E-state index contributed by atoms with van der Waals surface area (Å²) in [5.74, 6) is -2.99. The van der Waals surface area contributed by atoms with Crippen LogP contribution in [0.15, 0.2) is 18.2 Å². The summed E-state index contributed by atoms with van der Waals surface area (Å²) in [5.41, 5.74) is 0.537. The third-order valence-electron chi connectivity index (χ3n) is 4.54. The average molecular weight is 470 g/mol. The number of esters is 1. The van der Waals surface area contributed by atoms with E-state index < -0.39 is 48.6 Å². The minimum absolute atomic E-state index is 0.0637. The van der Waals surface area contributed by atoms with Gasteiger partial charge in [0.15, 0.2) is 6.10 Å². The maximum atomic E-state index is 12.3. The summed E-state index contributed by atoms with van der Waals surface area (Å²) in [6.07, 6.45) is -9.21. The number of carbonyl (C=O) groups excluding carboxylic acids is 3. The number of aliphatic carboxylic acids is 1. The Labute approximate surface area is 188 Å². The van der Waals surface area contributed by atoms with Crippen LogP contribution in [0.1, 0.15) is 25.8 Å². The molecule has 182 valence electrons. The van der Waals surface area contributed by atoms with Gasteiger partial charge in [0.25, 0.3) is 0 Å². The molecule has 0 unspecified atom stereocenters. The highest BCUT2D eigenvalue weighted by Gasteiger charge is 2.48. The number of hydrogen-bond acceptors (Lipinski definition) is 10. The molecule has 1 aromatic carbocycles. The van der Waals surface area contributed by atoms with E-state index in [2.05, 4.69) is 10.6 Å². The standard InChI is InChI=1S/C20H26N2O11/c1-9(23)21-6-5-14(25)22-12-7-11(8-31-10(2)24)3-4-13(12)32-20-17(28)15(26)16(27)18(33-20)19(29)30/h3-4,7,15-18,20,26-28H,5-6,8H2,1-2H3,(H,21,23)(H,22,25)(H,29,30)/t15-,16-,17+,18-,20+/m0/s1. The SMILES string of the molecule is CC(=O)NCCC(=O)Nc1cc(COC(C)=O)ccc1O[C@@H]1O[C@H](C(=O)O)[C@@H](O)[C@H](O)[C@H]1O. The second-order valence-electron chi connectivity index (χ2n) is 7.24. The van der Waals surface area contributed by atoms with Crippen molar-refractivity contribution in [2.75, 3.05) is 11.9 Å². The van der Waals surface area contributed by atoms with Crippen molar-refractivity contribution in [2.24, 2.45) is 0 Å². The minimum Gasteiger partial charge on any atom is -0.479 e. The highest BCUT2D eigenvalue weighted by atomic mass is 16.7. The normalized spacial score (nSPS) is 24.5. The van der Waals surface area contributed by atoms with E-state index in [1.807, 2.05) is 0 Å². The fraction of sp³-hybridized carbons (Fsp3) is 0.500. The van der Waals surface area contributed by atoms with Crippen LogP contribution in [-0.2, 0) is 35.3 Å². The first-order valence-corrected chi connectivity index (χ1v) is 9.89. The average Bonchev–Trinajstić information content (AvgIpc) is 2.73. The third kappa shape index (κ3) is 7.39. The lowest BCUT2D eigenvalue weighted by molar-refractivity contribution is -0.271. The molecule has 1 heterocycles. The third-order valence-corrected chi connectivity index (χ3v) is 4.54. The molecule has 13 heteroatoms. The van der Waals surface area contributed by atoms with Gasteiger partial charge in [0.05, 0.1) is 5.69 Å². The Kier molecular flexibility index (Phi) is 9.11. The number of ether oxygens (including phenoxy) is 3. The minimum atomic E-state index is -1.89. The van der Waals surface area contributed by atoms with Crippen molar-refractivity contribution in [2.45, 2.75) is 57.6 Å². The summed E-state index contributed by atoms with van der Waals surface area (Å²) in [6, 6.07) is 4.26. The number of nitrogens with one attached hydrogen (secondary N) is 2. The Balaban J connectivity index is 2.24. The topological polar surface area (TPSA) is 201 Å². The van der Waals surface area contributed by atoms with Crippen molar-refractivity contribution in [1.82, 2.24) is 5.32 Å². The quantitative estimate of drug-likeness (QED) is 0.229. The van der Waals surface area contributed by atoms with Gasteiger partial charge in [-0.25, -0.2) is 4.79 Å². The smallest absolute Gasteiger partial charge is 0.335 e. The molecule has 0 bridgehead atoms. The Morgan fingerprint density at radius 3 is 2.36 bits per heavy atom. The maximum absolute atomic E-state index is 12.3. The molecule has 0 aliphatic carbocycles. The van der Waals surface area contributed by atoms with Gasteiger partial charge in [-0.1, -0.05) is 6.07 Å². The van der Waals surface area contributed by atoms with Gasteiger partial charge < -0.3 is 45.3 Å².